The topological polar surface area (TPSA) is 29.1 Å². The molecule has 2 rings (SSSR count). The van der Waals surface area contributed by atoms with Crippen molar-refractivity contribution >= 4 is 5.78 Å². The summed E-state index contributed by atoms with van der Waals surface area (Å²) in [6.07, 6.45) is 5.45. The van der Waals surface area contributed by atoms with E-state index < -0.39 is 0 Å². The second-order valence-corrected chi connectivity index (χ2v) is 3.15. The van der Waals surface area contributed by atoms with Gasteiger partial charge in [-0.1, -0.05) is 12.2 Å². The Labute approximate surface area is 60.3 Å². The van der Waals surface area contributed by atoms with Crippen molar-refractivity contribution in [3.63, 3.8) is 0 Å². The van der Waals surface area contributed by atoms with Gasteiger partial charge in [0.05, 0.1) is 6.04 Å². The maximum absolute atomic E-state index is 10.9. The quantitative estimate of drug-likeness (QED) is 0.533. The third kappa shape index (κ3) is 0.721. The number of nitrogens with one attached hydrogen (secondary N) is 1. The fourth-order valence-electron chi connectivity index (χ4n) is 1.87. The molecule has 0 aromatic heterocycles. The van der Waals surface area contributed by atoms with Gasteiger partial charge in [-0.3, -0.25) is 4.79 Å². The molecule has 54 valence electrons. The number of carbonyl (C=O) groups is 1. The number of ketones is 1. The Hall–Kier alpha value is -0.630. The van der Waals surface area contributed by atoms with E-state index in [-0.39, 0.29) is 11.8 Å². The van der Waals surface area contributed by atoms with Crippen LogP contribution in [0.25, 0.3) is 0 Å². The van der Waals surface area contributed by atoms with Gasteiger partial charge in [0, 0.05) is 12.0 Å². The standard InChI is InChI=1S/C8H11NO/c1-5(10)8-6-2-3-7(4-6)9-8/h2-3,6-9H,4H2,1H3/t6-,7+,8+/m1/s1. The Morgan fingerprint density at radius 3 is 2.70 bits per heavy atom. The Morgan fingerprint density at radius 2 is 2.40 bits per heavy atom. The number of carbonyl (C=O) groups excluding carboxylic acids is 1. The van der Waals surface area contributed by atoms with Gasteiger partial charge in [0.25, 0.3) is 0 Å². The molecule has 2 aliphatic rings. The summed E-state index contributed by atoms with van der Waals surface area (Å²) in [5.74, 6) is 0.763. The normalized spacial score (nSPS) is 42.7. The molecular formula is C8H11NO. The molecule has 0 aromatic rings. The highest BCUT2D eigenvalue weighted by Crippen LogP contribution is 2.29. The second-order valence-electron chi connectivity index (χ2n) is 3.15. The van der Waals surface area contributed by atoms with E-state index in [1.165, 1.54) is 0 Å². The third-order valence-corrected chi connectivity index (χ3v) is 2.38. The minimum Gasteiger partial charge on any atom is -0.301 e. The SMILES string of the molecule is CC(=O)[C@@H]1N[C@H]2C=C[C@@H]1C2. The van der Waals surface area contributed by atoms with Crippen LogP contribution in [0.1, 0.15) is 13.3 Å². The maximum atomic E-state index is 10.9. The molecular weight excluding hydrogens is 126 g/mol. The zero-order valence-electron chi connectivity index (χ0n) is 6.00. The summed E-state index contributed by atoms with van der Waals surface area (Å²) in [7, 11) is 0. The summed E-state index contributed by atoms with van der Waals surface area (Å²) < 4.78 is 0. The Kier molecular flexibility index (Phi) is 1.17. The molecule has 0 amide bonds. The first-order valence-electron chi connectivity index (χ1n) is 3.72. The predicted molar refractivity (Wildman–Crippen MR) is 38.6 cm³/mol. The van der Waals surface area contributed by atoms with Gasteiger partial charge in [0.1, 0.15) is 5.78 Å². The van der Waals surface area contributed by atoms with Crippen LogP contribution in [-0.2, 0) is 4.79 Å². The van der Waals surface area contributed by atoms with Crippen molar-refractivity contribution in [2.75, 3.05) is 0 Å². The first kappa shape index (κ1) is 6.10. The Balaban J connectivity index is 2.16. The maximum Gasteiger partial charge on any atom is 0.147 e. The number of rotatable bonds is 1. The molecule has 1 N–H and O–H groups in total. The Bertz CT molecular complexity index is 197. The summed E-state index contributed by atoms with van der Waals surface area (Å²) in [5, 5.41) is 3.25. The van der Waals surface area contributed by atoms with Crippen molar-refractivity contribution in [2.45, 2.75) is 25.4 Å². The van der Waals surface area contributed by atoms with Crippen LogP contribution in [0.5, 0.6) is 0 Å². The number of fused-ring (bicyclic) bond motifs is 2. The van der Waals surface area contributed by atoms with Crippen molar-refractivity contribution in [1.29, 1.82) is 0 Å². The molecule has 2 heteroatoms. The number of hydrogen-bond acceptors (Lipinski definition) is 2. The highest BCUT2D eigenvalue weighted by atomic mass is 16.1. The largest absolute Gasteiger partial charge is 0.301 e. The highest BCUT2D eigenvalue weighted by molar-refractivity contribution is 5.82. The van der Waals surface area contributed by atoms with E-state index in [4.69, 9.17) is 0 Å². The van der Waals surface area contributed by atoms with E-state index in [2.05, 4.69) is 17.5 Å². The van der Waals surface area contributed by atoms with Gasteiger partial charge in [0.2, 0.25) is 0 Å². The molecule has 1 fully saturated rings. The molecule has 10 heavy (non-hydrogen) atoms. The molecule has 1 aliphatic heterocycles. The van der Waals surface area contributed by atoms with Gasteiger partial charge in [0.15, 0.2) is 0 Å². The van der Waals surface area contributed by atoms with Crippen LogP contribution in [0.3, 0.4) is 0 Å². The molecule has 2 nitrogen and oxygen atoms in total. The van der Waals surface area contributed by atoms with Crippen LogP contribution in [0.15, 0.2) is 12.2 Å². The fraction of sp³-hybridized carbons (Fsp3) is 0.625. The smallest absolute Gasteiger partial charge is 0.147 e. The Morgan fingerprint density at radius 1 is 1.60 bits per heavy atom. The first-order valence-corrected chi connectivity index (χ1v) is 3.72. The third-order valence-electron chi connectivity index (χ3n) is 2.38. The van der Waals surface area contributed by atoms with Crippen LogP contribution in [-0.4, -0.2) is 17.9 Å². The molecule has 2 bridgehead atoms. The molecule has 0 radical (unpaired) electrons. The molecule has 0 saturated carbocycles. The summed E-state index contributed by atoms with van der Waals surface area (Å²) in [6, 6.07) is 0.605. The summed E-state index contributed by atoms with van der Waals surface area (Å²) in [4.78, 5) is 10.9. The van der Waals surface area contributed by atoms with Crippen molar-refractivity contribution in [2.24, 2.45) is 5.92 Å². The molecule has 0 unspecified atom stereocenters. The van der Waals surface area contributed by atoms with E-state index in [0.717, 1.165) is 6.42 Å². The fourth-order valence-corrected chi connectivity index (χ4v) is 1.87. The van der Waals surface area contributed by atoms with E-state index in [1.54, 1.807) is 6.92 Å². The monoisotopic (exact) mass is 137 g/mol. The summed E-state index contributed by atoms with van der Waals surface area (Å²) >= 11 is 0. The van der Waals surface area contributed by atoms with E-state index >= 15 is 0 Å². The molecule has 1 aliphatic carbocycles. The van der Waals surface area contributed by atoms with Gasteiger partial charge < -0.3 is 5.32 Å². The second kappa shape index (κ2) is 1.92. The minimum atomic E-state index is 0.120. The zero-order valence-corrected chi connectivity index (χ0v) is 6.00. The van der Waals surface area contributed by atoms with Gasteiger partial charge in [-0.2, -0.15) is 0 Å². The van der Waals surface area contributed by atoms with Crippen LogP contribution in [0.4, 0.5) is 0 Å². The van der Waals surface area contributed by atoms with Gasteiger partial charge in [-0.25, -0.2) is 0 Å². The molecule has 1 heterocycles. The zero-order chi connectivity index (χ0) is 7.14. The average Bonchev–Trinajstić information content (AvgIpc) is 2.44. The van der Waals surface area contributed by atoms with Crippen LogP contribution < -0.4 is 5.32 Å². The number of hydrogen-bond donors (Lipinski definition) is 1. The average molecular weight is 137 g/mol. The van der Waals surface area contributed by atoms with Crippen molar-refractivity contribution in [3.05, 3.63) is 12.2 Å². The van der Waals surface area contributed by atoms with E-state index in [1.807, 2.05) is 0 Å². The minimum absolute atomic E-state index is 0.120. The first-order chi connectivity index (χ1) is 4.77. The summed E-state index contributed by atoms with van der Waals surface area (Å²) in [6.45, 7) is 1.66. The molecule has 1 saturated heterocycles. The van der Waals surface area contributed by atoms with Crippen LogP contribution >= 0.6 is 0 Å². The lowest BCUT2D eigenvalue weighted by Crippen LogP contribution is -2.38. The lowest BCUT2D eigenvalue weighted by molar-refractivity contribution is -0.119. The van der Waals surface area contributed by atoms with Crippen molar-refractivity contribution in [1.82, 2.24) is 5.32 Å². The summed E-state index contributed by atoms with van der Waals surface area (Å²) in [5.41, 5.74) is 0. The lowest BCUT2D eigenvalue weighted by atomic mass is 10.0. The van der Waals surface area contributed by atoms with Gasteiger partial charge >= 0.3 is 0 Å². The lowest BCUT2D eigenvalue weighted by Gasteiger charge is -2.15. The van der Waals surface area contributed by atoms with E-state index in [0.29, 0.717) is 12.0 Å². The van der Waals surface area contributed by atoms with Crippen LogP contribution in [0, 0.1) is 5.92 Å². The van der Waals surface area contributed by atoms with Crippen molar-refractivity contribution < 1.29 is 4.79 Å². The van der Waals surface area contributed by atoms with Crippen LogP contribution in [0.2, 0.25) is 0 Å². The van der Waals surface area contributed by atoms with Crippen molar-refractivity contribution in [3.8, 4) is 0 Å². The highest BCUT2D eigenvalue weighted by Gasteiger charge is 2.37. The van der Waals surface area contributed by atoms with Gasteiger partial charge in [-0.05, 0) is 13.3 Å². The molecule has 3 atom stereocenters. The van der Waals surface area contributed by atoms with Gasteiger partial charge in [-0.15, -0.1) is 0 Å². The molecule has 0 spiro atoms. The van der Waals surface area contributed by atoms with E-state index in [9.17, 15) is 4.79 Å². The molecule has 0 aromatic carbocycles. The predicted octanol–water partition coefficient (Wildman–Crippen LogP) is 0.492. The number of Topliss-reactive ketones (excluding diaryl/α,β-unsaturated/α-hetero) is 1.